The maximum Gasteiger partial charge on any atom is 0.326 e. The van der Waals surface area contributed by atoms with Crippen molar-refractivity contribution >= 4 is 43.7 Å². The Labute approximate surface area is 192 Å². The van der Waals surface area contributed by atoms with Crippen LogP contribution in [0.15, 0.2) is 39.3 Å². The molecule has 1 atom stereocenters. The molecular formula is C22H25Br2NO5. The van der Waals surface area contributed by atoms with Crippen molar-refractivity contribution in [3.05, 3.63) is 50.4 Å². The monoisotopic (exact) mass is 541 g/mol. The maximum atomic E-state index is 12.6. The number of hydrogen-bond donors (Lipinski definition) is 3. The van der Waals surface area contributed by atoms with Crippen molar-refractivity contribution in [1.29, 1.82) is 0 Å². The van der Waals surface area contributed by atoms with Gasteiger partial charge in [0, 0.05) is 11.1 Å². The van der Waals surface area contributed by atoms with E-state index in [9.17, 15) is 19.8 Å². The van der Waals surface area contributed by atoms with E-state index in [-0.39, 0.29) is 17.6 Å². The molecule has 0 aliphatic carbocycles. The van der Waals surface area contributed by atoms with Gasteiger partial charge in [-0.2, -0.15) is 0 Å². The van der Waals surface area contributed by atoms with Crippen LogP contribution < -0.4 is 10.1 Å². The minimum absolute atomic E-state index is 0.125. The molecule has 3 N–H and O–H groups in total. The molecule has 0 radical (unpaired) electrons. The molecule has 2 aromatic rings. The van der Waals surface area contributed by atoms with E-state index in [1.54, 1.807) is 30.3 Å². The van der Waals surface area contributed by atoms with Crippen molar-refractivity contribution < 1.29 is 24.5 Å². The minimum Gasteiger partial charge on any atom is -0.508 e. The van der Waals surface area contributed by atoms with E-state index in [0.29, 0.717) is 32.4 Å². The Balaban J connectivity index is 2.26. The summed E-state index contributed by atoms with van der Waals surface area (Å²) >= 11 is 6.84. The minimum atomic E-state index is -1.07. The maximum absolute atomic E-state index is 12.6. The lowest BCUT2D eigenvalue weighted by molar-refractivity contribution is -0.139. The number of hydrogen-bond acceptors (Lipinski definition) is 4. The summed E-state index contributed by atoms with van der Waals surface area (Å²) < 4.78 is 7.01. The zero-order valence-electron chi connectivity index (χ0n) is 17.2. The first-order chi connectivity index (χ1) is 14.0. The van der Waals surface area contributed by atoms with E-state index in [4.69, 9.17) is 4.74 Å². The highest BCUT2D eigenvalue weighted by Crippen LogP contribution is 2.39. The van der Waals surface area contributed by atoms with Crippen LogP contribution in [0, 0.1) is 5.92 Å². The van der Waals surface area contributed by atoms with Gasteiger partial charge in [-0.1, -0.05) is 27.7 Å². The molecule has 6 nitrogen and oxygen atoms in total. The van der Waals surface area contributed by atoms with Gasteiger partial charge in [-0.05, 0) is 80.4 Å². The number of carbonyl (C=O) groups is 2. The largest absolute Gasteiger partial charge is 0.508 e. The van der Waals surface area contributed by atoms with Gasteiger partial charge in [0.1, 0.15) is 17.5 Å². The standard InChI is InChI=1S/C22H25Br2NO5/c1-11(2)7-18(22(28)29)25-21(27)13-8-16(23)20(17(24)9-13)30-14-5-6-19(26)15(10-14)12(3)4/h5-6,8-12,18,26H,7H2,1-4H3,(H,25,27)(H,28,29)/t18-/m1/s1. The smallest absolute Gasteiger partial charge is 0.326 e. The molecule has 0 bridgehead atoms. The number of benzene rings is 2. The number of ether oxygens (including phenoxy) is 1. The number of carboxylic acid groups (broad SMARTS) is 1. The van der Waals surface area contributed by atoms with Crippen molar-refractivity contribution in [1.82, 2.24) is 5.32 Å². The second-order valence-electron chi connectivity index (χ2n) is 7.74. The Kier molecular flexibility index (Phi) is 8.32. The molecule has 30 heavy (non-hydrogen) atoms. The number of rotatable bonds is 8. The first-order valence-electron chi connectivity index (χ1n) is 9.53. The first kappa shape index (κ1) is 24.2. The van der Waals surface area contributed by atoms with E-state index < -0.39 is 17.9 Å². The van der Waals surface area contributed by atoms with Crippen molar-refractivity contribution in [3.8, 4) is 17.2 Å². The second-order valence-corrected chi connectivity index (χ2v) is 9.45. The highest BCUT2D eigenvalue weighted by molar-refractivity contribution is 9.11. The number of phenols is 1. The van der Waals surface area contributed by atoms with Gasteiger partial charge in [0.05, 0.1) is 8.95 Å². The van der Waals surface area contributed by atoms with E-state index in [2.05, 4.69) is 37.2 Å². The lowest BCUT2D eigenvalue weighted by Crippen LogP contribution is -2.41. The molecule has 162 valence electrons. The highest BCUT2D eigenvalue weighted by Gasteiger charge is 2.23. The summed E-state index contributed by atoms with van der Waals surface area (Å²) in [7, 11) is 0. The summed E-state index contributed by atoms with van der Waals surface area (Å²) in [6, 6.07) is 7.20. The van der Waals surface area contributed by atoms with Crippen LogP contribution >= 0.6 is 31.9 Å². The molecule has 0 fully saturated rings. The average molecular weight is 543 g/mol. The van der Waals surface area contributed by atoms with Crippen LogP contribution in [0.3, 0.4) is 0 Å². The lowest BCUT2D eigenvalue weighted by atomic mass is 10.0. The lowest BCUT2D eigenvalue weighted by Gasteiger charge is -2.17. The number of carbonyl (C=O) groups excluding carboxylic acids is 1. The van der Waals surface area contributed by atoms with E-state index in [1.165, 1.54) is 0 Å². The number of carboxylic acids is 1. The van der Waals surface area contributed by atoms with Crippen LogP contribution in [-0.4, -0.2) is 28.1 Å². The molecule has 0 aliphatic rings. The van der Waals surface area contributed by atoms with Crippen molar-refractivity contribution in [2.45, 2.75) is 46.1 Å². The normalized spacial score (nSPS) is 12.1. The van der Waals surface area contributed by atoms with E-state index in [0.717, 1.165) is 5.56 Å². The van der Waals surface area contributed by atoms with Crippen LogP contribution in [0.4, 0.5) is 0 Å². The Bertz CT molecular complexity index is 920. The summed E-state index contributed by atoms with van der Waals surface area (Å²) in [5, 5.41) is 21.9. The number of aromatic hydroxyl groups is 1. The fourth-order valence-corrected chi connectivity index (χ4v) is 4.25. The molecule has 0 saturated carbocycles. The Morgan fingerprint density at radius 3 is 2.17 bits per heavy atom. The summed E-state index contributed by atoms with van der Waals surface area (Å²) in [5.74, 6) is -0.0915. The zero-order chi connectivity index (χ0) is 22.6. The van der Waals surface area contributed by atoms with Crippen molar-refractivity contribution in [3.63, 3.8) is 0 Å². The topological polar surface area (TPSA) is 95.9 Å². The van der Waals surface area contributed by atoms with Gasteiger partial charge in [-0.25, -0.2) is 4.79 Å². The molecule has 0 heterocycles. The molecule has 0 spiro atoms. The van der Waals surface area contributed by atoms with Gasteiger partial charge in [0.15, 0.2) is 5.75 Å². The molecule has 0 aromatic heterocycles. The molecular weight excluding hydrogens is 518 g/mol. The summed E-state index contributed by atoms with van der Waals surface area (Å²) in [4.78, 5) is 24.0. The first-order valence-corrected chi connectivity index (χ1v) is 11.1. The number of phenolic OH excluding ortho intramolecular Hbond substituents is 1. The van der Waals surface area contributed by atoms with E-state index >= 15 is 0 Å². The summed E-state index contributed by atoms with van der Waals surface area (Å²) in [5.41, 5.74) is 1.06. The van der Waals surface area contributed by atoms with Crippen LogP contribution in [0.5, 0.6) is 17.2 Å². The molecule has 0 saturated heterocycles. The van der Waals surface area contributed by atoms with Crippen molar-refractivity contribution in [2.24, 2.45) is 5.92 Å². The predicted octanol–water partition coefficient (Wildman–Crippen LogP) is 6.06. The van der Waals surface area contributed by atoms with Crippen LogP contribution in [0.1, 0.15) is 56.0 Å². The van der Waals surface area contributed by atoms with Crippen LogP contribution in [0.2, 0.25) is 0 Å². The molecule has 2 rings (SSSR count). The Morgan fingerprint density at radius 1 is 1.07 bits per heavy atom. The fraction of sp³-hybridized carbons (Fsp3) is 0.364. The third-order valence-electron chi connectivity index (χ3n) is 4.41. The van der Waals surface area contributed by atoms with Gasteiger partial charge < -0.3 is 20.3 Å². The average Bonchev–Trinajstić information content (AvgIpc) is 2.64. The Morgan fingerprint density at radius 2 is 1.67 bits per heavy atom. The molecule has 0 unspecified atom stereocenters. The summed E-state index contributed by atoms with van der Waals surface area (Å²) in [6.07, 6.45) is 0.337. The molecule has 1 amide bonds. The van der Waals surface area contributed by atoms with Gasteiger partial charge in [0.25, 0.3) is 5.91 Å². The third-order valence-corrected chi connectivity index (χ3v) is 5.59. The molecule has 8 heteroatoms. The number of halogens is 2. The molecule has 0 aliphatic heterocycles. The van der Waals surface area contributed by atoms with Gasteiger partial charge in [0.2, 0.25) is 0 Å². The fourth-order valence-electron chi connectivity index (χ4n) is 2.90. The van der Waals surface area contributed by atoms with Crippen LogP contribution in [-0.2, 0) is 4.79 Å². The summed E-state index contributed by atoms with van der Waals surface area (Å²) in [6.45, 7) is 7.74. The third kappa shape index (κ3) is 6.22. The van der Waals surface area contributed by atoms with Crippen molar-refractivity contribution in [2.75, 3.05) is 0 Å². The number of aliphatic carboxylic acids is 1. The van der Waals surface area contributed by atoms with Gasteiger partial charge in [-0.15, -0.1) is 0 Å². The second kappa shape index (κ2) is 10.3. The zero-order valence-corrected chi connectivity index (χ0v) is 20.4. The highest BCUT2D eigenvalue weighted by atomic mass is 79.9. The van der Waals surface area contributed by atoms with Gasteiger partial charge in [-0.3, -0.25) is 4.79 Å². The van der Waals surface area contributed by atoms with Crippen LogP contribution in [0.25, 0.3) is 0 Å². The quantitative estimate of drug-likeness (QED) is 0.376. The SMILES string of the molecule is CC(C)C[C@@H](NC(=O)c1cc(Br)c(Oc2ccc(O)c(C(C)C)c2)c(Br)c1)C(=O)O. The number of amides is 1. The predicted molar refractivity (Wildman–Crippen MR) is 122 cm³/mol. The molecule has 2 aromatic carbocycles. The van der Waals surface area contributed by atoms with E-state index in [1.807, 2.05) is 27.7 Å². The number of nitrogens with one attached hydrogen (secondary N) is 1. The Hall–Kier alpha value is -2.06. The van der Waals surface area contributed by atoms with Gasteiger partial charge >= 0.3 is 5.97 Å².